The molecule has 5 nitrogen and oxygen atoms in total. The number of carboxylic acids is 1. The third kappa shape index (κ3) is 3.48. The Kier molecular flexibility index (Phi) is 4.31. The van der Waals surface area contributed by atoms with Gasteiger partial charge in [0.05, 0.1) is 18.1 Å². The summed E-state index contributed by atoms with van der Waals surface area (Å²) in [5.41, 5.74) is -0.642. The summed E-state index contributed by atoms with van der Waals surface area (Å²) in [6, 6.07) is 6.11. The summed E-state index contributed by atoms with van der Waals surface area (Å²) < 4.78 is 10.1. The Labute approximate surface area is 105 Å². The lowest BCUT2D eigenvalue weighted by Crippen LogP contribution is -2.32. The molecular formula is C13H16O5. The van der Waals surface area contributed by atoms with Gasteiger partial charge in [-0.15, -0.1) is 0 Å². The van der Waals surface area contributed by atoms with Crippen LogP contribution in [0, 0.1) is 5.41 Å². The number of hydrogen-bond acceptors (Lipinski definition) is 4. The van der Waals surface area contributed by atoms with Gasteiger partial charge in [-0.2, -0.15) is 0 Å². The van der Waals surface area contributed by atoms with Gasteiger partial charge in [-0.25, -0.2) is 4.79 Å². The molecule has 0 fully saturated rings. The van der Waals surface area contributed by atoms with E-state index in [0.717, 1.165) is 0 Å². The van der Waals surface area contributed by atoms with Crippen molar-refractivity contribution in [1.82, 2.24) is 0 Å². The summed E-state index contributed by atoms with van der Waals surface area (Å²) >= 11 is 0. The van der Waals surface area contributed by atoms with Gasteiger partial charge >= 0.3 is 11.9 Å². The molecule has 1 rings (SSSR count). The zero-order valence-electron chi connectivity index (χ0n) is 10.6. The van der Waals surface area contributed by atoms with Crippen molar-refractivity contribution in [1.29, 1.82) is 0 Å². The number of esters is 1. The van der Waals surface area contributed by atoms with Gasteiger partial charge in [-0.1, -0.05) is 6.07 Å². The fraction of sp³-hybridized carbons (Fsp3) is 0.385. The van der Waals surface area contributed by atoms with E-state index in [0.29, 0.717) is 5.75 Å². The van der Waals surface area contributed by atoms with E-state index < -0.39 is 11.4 Å². The summed E-state index contributed by atoms with van der Waals surface area (Å²) in [5, 5.41) is 8.83. The van der Waals surface area contributed by atoms with Crippen LogP contribution in [-0.2, 0) is 9.53 Å². The molecule has 1 aromatic rings. The summed E-state index contributed by atoms with van der Waals surface area (Å²) in [5.74, 6) is -0.989. The molecule has 1 aromatic carbocycles. The average Bonchev–Trinajstić information content (AvgIpc) is 2.35. The first kappa shape index (κ1) is 14.0. The summed E-state index contributed by atoms with van der Waals surface area (Å²) in [6.45, 7) is 3.50. The minimum Gasteiger partial charge on any atom is -0.492 e. The number of benzene rings is 1. The van der Waals surface area contributed by atoms with Crippen molar-refractivity contribution in [2.45, 2.75) is 13.8 Å². The molecule has 0 aliphatic carbocycles. The van der Waals surface area contributed by atoms with Crippen LogP contribution in [0.4, 0.5) is 0 Å². The fourth-order valence-corrected chi connectivity index (χ4v) is 1.32. The summed E-state index contributed by atoms with van der Waals surface area (Å²) in [7, 11) is 1.31. The molecule has 0 aliphatic rings. The standard InChI is InChI=1S/C13H16O5/c1-13(2,12(16)17-3)8-18-10-6-4-5-9(7-10)11(14)15/h4-7H,8H2,1-3H3,(H,14,15). The normalized spacial score (nSPS) is 10.8. The second kappa shape index (κ2) is 5.53. The highest BCUT2D eigenvalue weighted by Crippen LogP contribution is 2.21. The Morgan fingerprint density at radius 1 is 1.33 bits per heavy atom. The van der Waals surface area contributed by atoms with Crippen molar-refractivity contribution in [3.05, 3.63) is 29.8 Å². The lowest BCUT2D eigenvalue weighted by atomic mass is 9.95. The van der Waals surface area contributed by atoms with Crippen LogP contribution in [0.25, 0.3) is 0 Å². The van der Waals surface area contributed by atoms with E-state index in [1.807, 2.05) is 0 Å². The molecule has 0 aliphatic heterocycles. The summed E-state index contributed by atoms with van der Waals surface area (Å²) in [6.07, 6.45) is 0. The minimum atomic E-state index is -1.02. The van der Waals surface area contributed by atoms with Gasteiger partial charge in [0.1, 0.15) is 12.4 Å². The number of rotatable bonds is 5. The zero-order valence-corrected chi connectivity index (χ0v) is 10.6. The summed E-state index contributed by atoms with van der Waals surface area (Å²) in [4.78, 5) is 22.2. The van der Waals surface area contributed by atoms with Crippen molar-refractivity contribution >= 4 is 11.9 Å². The van der Waals surface area contributed by atoms with E-state index in [1.54, 1.807) is 26.0 Å². The number of ether oxygens (including phenoxy) is 2. The van der Waals surface area contributed by atoms with Crippen LogP contribution in [0.15, 0.2) is 24.3 Å². The van der Waals surface area contributed by atoms with Gasteiger partial charge in [0, 0.05) is 0 Å². The first-order chi connectivity index (χ1) is 8.36. The molecule has 1 N–H and O–H groups in total. The van der Waals surface area contributed by atoms with Gasteiger partial charge in [-0.05, 0) is 32.0 Å². The molecule has 0 bridgehead atoms. The predicted molar refractivity (Wildman–Crippen MR) is 64.7 cm³/mol. The maximum atomic E-state index is 11.4. The van der Waals surface area contributed by atoms with E-state index in [1.165, 1.54) is 19.2 Å². The molecule has 0 aromatic heterocycles. The minimum absolute atomic E-state index is 0.114. The van der Waals surface area contributed by atoms with Crippen molar-refractivity contribution in [3.63, 3.8) is 0 Å². The predicted octanol–water partition coefficient (Wildman–Crippen LogP) is 1.96. The SMILES string of the molecule is COC(=O)C(C)(C)COc1cccc(C(=O)O)c1. The van der Waals surface area contributed by atoms with Gasteiger partial charge in [0.25, 0.3) is 0 Å². The van der Waals surface area contributed by atoms with Crippen LogP contribution < -0.4 is 4.74 Å². The van der Waals surface area contributed by atoms with E-state index in [9.17, 15) is 9.59 Å². The van der Waals surface area contributed by atoms with Crippen molar-refractivity contribution in [3.8, 4) is 5.75 Å². The molecule has 0 heterocycles. The van der Waals surface area contributed by atoms with E-state index in [4.69, 9.17) is 9.84 Å². The number of aromatic carboxylic acids is 1. The molecule has 18 heavy (non-hydrogen) atoms. The molecule has 0 saturated heterocycles. The molecule has 0 radical (unpaired) electrons. The molecule has 0 spiro atoms. The van der Waals surface area contributed by atoms with Gasteiger partial charge in [-0.3, -0.25) is 4.79 Å². The Morgan fingerprint density at radius 2 is 2.00 bits per heavy atom. The molecule has 5 heteroatoms. The van der Waals surface area contributed by atoms with Crippen molar-refractivity contribution in [2.75, 3.05) is 13.7 Å². The van der Waals surface area contributed by atoms with E-state index in [-0.39, 0.29) is 18.1 Å². The monoisotopic (exact) mass is 252 g/mol. The van der Waals surface area contributed by atoms with Crippen LogP contribution in [0.1, 0.15) is 24.2 Å². The molecule has 0 atom stereocenters. The van der Waals surface area contributed by atoms with Crippen LogP contribution in [0.3, 0.4) is 0 Å². The quantitative estimate of drug-likeness (QED) is 0.811. The fourth-order valence-electron chi connectivity index (χ4n) is 1.32. The van der Waals surface area contributed by atoms with Gasteiger partial charge < -0.3 is 14.6 Å². The van der Waals surface area contributed by atoms with Crippen LogP contribution in [0.5, 0.6) is 5.75 Å². The van der Waals surface area contributed by atoms with Gasteiger partial charge in [0.15, 0.2) is 0 Å². The number of carboxylic acid groups (broad SMARTS) is 1. The topological polar surface area (TPSA) is 72.8 Å². The average molecular weight is 252 g/mol. The molecular weight excluding hydrogens is 236 g/mol. The van der Waals surface area contributed by atoms with Crippen molar-refractivity contribution in [2.24, 2.45) is 5.41 Å². The third-order valence-corrected chi connectivity index (χ3v) is 2.42. The molecule has 98 valence electrons. The maximum absolute atomic E-state index is 11.4. The number of carbonyl (C=O) groups is 2. The molecule has 0 amide bonds. The zero-order chi connectivity index (χ0) is 13.8. The first-order valence-electron chi connectivity index (χ1n) is 5.41. The van der Waals surface area contributed by atoms with E-state index in [2.05, 4.69) is 4.74 Å². The van der Waals surface area contributed by atoms with Crippen molar-refractivity contribution < 1.29 is 24.2 Å². The smallest absolute Gasteiger partial charge is 0.335 e. The molecule has 0 unspecified atom stereocenters. The Morgan fingerprint density at radius 3 is 2.56 bits per heavy atom. The Balaban J connectivity index is 2.72. The maximum Gasteiger partial charge on any atom is 0.335 e. The van der Waals surface area contributed by atoms with Gasteiger partial charge in [0.2, 0.25) is 0 Å². The van der Waals surface area contributed by atoms with Crippen LogP contribution >= 0.6 is 0 Å². The number of methoxy groups -OCH3 is 1. The third-order valence-electron chi connectivity index (χ3n) is 2.42. The number of hydrogen-bond donors (Lipinski definition) is 1. The van der Waals surface area contributed by atoms with Crippen LogP contribution in [-0.4, -0.2) is 30.8 Å². The number of carbonyl (C=O) groups excluding carboxylic acids is 1. The lowest BCUT2D eigenvalue weighted by Gasteiger charge is -2.21. The van der Waals surface area contributed by atoms with Crippen LogP contribution in [0.2, 0.25) is 0 Å². The van der Waals surface area contributed by atoms with E-state index >= 15 is 0 Å². The highest BCUT2D eigenvalue weighted by Gasteiger charge is 2.29. The largest absolute Gasteiger partial charge is 0.492 e. The highest BCUT2D eigenvalue weighted by atomic mass is 16.5. The highest BCUT2D eigenvalue weighted by molar-refractivity contribution is 5.88. The Hall–Kier alpha value is -2.04. The lowest BCUT2D eigenvalue weighted by molar-refractivity contribution is -0.152. The Bertz CT molecular complexity index is 450. The second-order valence-electron chi connectivity index (χ2n) is 4.50. The first-order valence-corrected chi connectivity index (χ1v) is 5.41. The second-order valence-corrected chi connectivity index (χ2v) is 4.50. The molecule has 0 saturated carbocycles.